The number of nitrogens with zero attached hydrogens (tertiary/aromatic N) is 1. The second-order valence-corrected chi connectivity index (χ2v) is 8.59. The summed E-state index contributed by atoms with van der Waals surface area (Å²) in [4.78, 5) is 39.3. The lowest BCUT2D eigenvalue weighted by atomic mass is 9.86. The number of hydrogen-bond donors (Lipinski definition) is 2. The molecule has 2 N–H and O–H groups in total. The zero-order valence-corrected chi connectivity index (χ0v) is 17.4. The van der Waals surface area contributed by atoms with E-state index in [0.717, 1.165) is 16.8 Å². The second-order valence-electron chi connectivity index (χ2n) is 8.59. The Labute approximate surface area is 179 Å². The average Bonchev–Trinajstić information content (AvgIpc) is 3.40. The molecule has 0 saturated carbocycles. The van der Waals surface area contributed by atoms with Gasteiger partial charge in [-0.25, -0.2) is 0 Å². The Balaban J connectivity index is 1.33. The molecule has 0 aliphatic carbocycles. The van der Waals surface area contributed by atoms with Crippen LogP contribution >= 0.6 is 0 Å². The van der Waals surface area contributed by atoms with Crippen molar-refractivity contribution < 1.29 is 23.9 Å². The van der Waals surface area contributed by atoms with Crippen LogP contribution < -0.4 is 20.1 Å². The van der Waals surface area contributed by atoms with Crippen molar-refractivity contribution in [3.8, 4) is 11.5 Å². The SMILES string of the molecule is CC1(C)C(=O)Nc2ccc(NC(=O)C3CCC(=O)N3Cc3ccc4c(c3)OCO4)cc21. The van der Waals surface area contributed by atoms with Gasteiger partial charge in [0, 0.05) is 24.3 Å². The molecule has 5 rings (SSSR count). The number of hydrogen-bond acceptors (Lipinski definition) is 5. The van der Waals surface area contributed by atoms with E-state index in [0.29, 0.717) is 36.6 Å². The van der Waals surface area contributed by atoms with Crippen LogP contribution in [0.3, 0.4) is 0 Å². The molecule has 2 aromatic rings. The molecule has 1 unspecified atom stereocenters. The van der Waals surface area contributed by atoms with Crippen LogP contribution in [0.5, 0.6) is 11.5 Å². The van der Waals surface area contributed by atoms with Crippen molar-refractivity contribution in [2.75, 3.05) is 17.4 Å². The molecule has 0 radical (unpaired) electrons. The Morgan fingerprint density at radius 3 is 2.81 bits per heavy atom. The van der Waals surface area contributed by atoms with Gasteiger partial charge in [0.2, 0.25) is 24.5 Å². The molecule has 3 heterocycles. The van der Waals surface area contributed by atoms with E-state index in [1.807, 2.05) is 38.1 Å². The smallest absolute Gasteiger partial charge is 0.247 e. The number of anilines is 2. The molecule has 3 aliphatic rings. The number of carbonyl (C=O) groups excluding carboxylic acids is 3. The van der Waals surface area contributed by atoms with Gasteiger partial charge in [0.1, 0.15) is 6.04 Å². The van der Waals surface area contributed by atoms with Gasteiger partial charge in [-0.05, 0) is 61.7 Å². The number of likely N-dealkylation sites (tertiary alicyclic amines) is 1. The van der Waals surface area contributed by atoms with E-state index in [4.69, 9.17) is 9.47 Å². The van der Waals surface area contributed by atoms with Crippen LogP contribution in [0.1, 0.15) is 37.8 Å². The number of rotatable bonds is 4. The molecule has 1 fully saturated rings. The van der Waals surface area contributed by atoms with Gasteiger partial charge in [-0.2, -0.15) is 0 Å². The van der Waals surface area contributed by atoms with Gasteiger partial charge in [0.15, 0.2) is 11.5 Å². The van der Waals surface area contributed by atoms with E-state index in [9.17, 15) is 14.4 Å². The van der Waals surface area contributed by atoms with Crippen molar-refractivity contribution >= 4 is 29.1 Å². The Kier molecular flexibility index (Phi) is 4.39. The van der Waals surface area contributed by atoms with Crippen LogP contribution in [-0.2, 0) is 26.3 Å². The van der Waals surface area contributed by atoms with Crippen molar-refractivity contribution in [1.82, 2.24) is 4.90 Å². The summed E-state index contributed by atoms with van der Waals surface area (Å²) in [7, 11) is 0. The van der Waals surface area contributed by atoms with Crippen molar-refractivity contribution in [2.45, 2.75) is 44.7 Å². The Morgan fingerprint density at radius 2 is 1.97 bits per heavy atom. The molecular formula is C23H23N3O5. The zero-order chi connectivity index (χ0) is 21.8. The lowest BCUT2D eigenvalue weighted by molar-refractivity contribution is -0.133. The van der Waals surface area contributed by atoms with Gasteiger partial charge in [0.05, 0.1) is 5.41 Å². The topological polar surface area (TPSA) is 97.0 Å². The van der Waals surface area contributed by atoms with Gasteiger partial charge in [-0.3, -0.25) is 14.4 Å². The predicted octanol–water partition coefficient (Wildman–Crippen LogP) is 2.77. The fourth-order valence-electron chi connectivity index (χ4n) is 4.31. The molecule has 3 amide bonds. The molecule has 1 saturated heterocycles. The first-order valence-electron chi connectivity index (χ1n) is 10.3. The molecule has 8 nitrogen and oxygen atoms in total. The van der Waals surface area contributed by atoms with E-state index in [1.165, 1.54) is 0 Å². The number of amides is 3. The summed E-state index contributed by atoms with van der Waals surface area (Å²) in [5, 5.41) is 5.79. The van der Waals surface area contributed by atoms with E-state index in [-0.39, 0.29) is 24.5 Å². The Bertz CT molecular complexity index is 1110. The zero-order valence-electron chi connectivity index (χ0n) is 17.4. The lowest BCUT2D eigenvalue weighted by Crippen LogP contribution is -2.41. The highest BCUT2D eigenvalue weighted by Gasteiger charge is 2.39. The molecule has 31 heavy (non-hydrogen) atoms. The minimum Gasteiger partial charge on any atom is -0.454 e. The number of carbonyl (C=O) groups is 3. The minimum atomic E-state index is -0.662. The first-order chi connectivity index (χ1) is 14.8. The van der Waals surface area contributed by atoms with Crippen LogP contribution in [0, 0.1) is 0 Å². The molecule has 0 spiro atoms. The minimum absolute atomic E-state index is 0.0531. The highest BCUT2D eigenvalue weighted by Crippen LogP contribution is 2.39. The lowest BCUT2D eigenvalue weighted by Gasteiger charge is -2.24. The fourth-order valence-corrected chi connectivity index (χ4v) is 4.31. The van der Waals surface area contributed by atoms with Crippen LogP contribution in [-0.4, -0.2) is 35.5 Å². The summed E-state index contributed by atoms with van der Waals surface area (Å²) in [6, 6.07) is 10.4. The average molecular weight is 421 g/mol. The van der Waals surface area contributed by atoms with E-state index in [2.05, 4.69) is 10.6 Å². The first kappa shape index (κ1) is 19.4. The fraction of sp³-hybridized carbons (Fsp3) is 0.348. The van der Waals surface area contributed by atoms with Crippen molar-refractivity contribution in [2.24, 2.45) is 0 Å². The standard InChI is InChI=1S/C23H23N3O5/c1-23(2)15-10-14(4-5-16(15)25-22(23)29)24-21(28)17-6-8-20(27)26(17)11-13-3-7-18-19(9-13)31-12-30-18/h3-5,7,9-10,17H,6,8,11-12H2,1-2H3,(H,24,28)(H,25,29). The van der Waals surface area contributed by atoms with Crippen LogP contribution in [0.25, 0.3) is 0 Å². The highest BCUT2D eigenvalue weighted by atomic mass is 16.7. The Morgan fingerprint density at radius 1 is 1.16 bits per heavy atom. The molecule has 160 valence electrons. The van der Waals surface area contributed by atoms with Crippen molar-refractivity contribution in [3.63, 3.8) is 0 Å². The van der Waals surface area contributed by atoms with E-state index in [1.54, 1.807) is 17.0 Å². The van der Waals surface area contributed by atoms with E-state index < -0.39 is 11.5 Å². The third-order valence-corrected chi connectivity index (χ3v) is 6.20. The summed E-state index contributed by atoms with van der Waals surface area (Å²) in [5.74, 6) is 0.971. The summed E-state index contributed by atoms with van der Waals surface area (Å²) in [6.07, 6.45) is 0.796. The van der Waals surface area contributed by atoms with Crippen LogP contribution in [0.4, 0.5) is 11.4 Å². The van der Waals surface area contributed by atoms with Gasteiger partial charge in [-0.1, -0.05) is 6.07 Å². The largest absolute Gasteiger partial charge is 0.454 e. The van der Waals surface area contributed by atoms with Crippen molar-refractivity contribution in [3.05, 3.63) is 47.5 Å². The molecule has 0 aromatic heterocycles. The molecule has 0 bridgehead atoms. The van der Waals surface area contributed by atoms with Gasteiger partial charge >= 0.3 is 0 Å². The van der Waals surface area contributed by atoms with Gasteiger partial charge < -0.3 is 25.0 Å². The maximum absolute atomic E-state index is 13.0. The maximum Gasteiger partial charge on any atom is 0.247 e. The third-order valence-electron chi connectivity index (χ3n) is 6.20. The van der Waals surface area contributed by atoms with Gasteiger partial charge in [-0.15, -0.1) is 0 Å². The number of fused-ring (bicyclic) bond motifs is 2. The second kappa shape index (κ2) is 7.01. The third kappa shape index (κ3) is 3.28. The normalized spacial score (nSPS) is 20.6. The molecule has 2 aromatic carbocycles. The summed E-state index contributed by atoms with van der Waals surface area (Å²) < 4.78 is 10.7. The van der Waals surface area contributed by atoms with Crippen LogP contribution in [0.2, 0.25) is 0 Å². The summed E-state index contributed by atoms with van der Waals surface area (Å²) in [6.45, 7) is 4.21. The Hall–Kier alpha value is -3.55. The van der Waals surface area contributed by atoms with Crippen molar-refractivity contribution in [1.29, 1.82) is 0 Å². The number of benzene rings is 2. The van der Waals surface area contributed by atoms with E-state index >= 15 is 0 Å². The summed E-state index contributed by atoms with van der Waals surface area (Å²) >= 11 is 0. The monoisotopic (exact) mass is 421 g/mol. The predicted molar refractivity (Wildman–Crippen MR) is 113 cm³/mol. The first-order valence-corrected chi connectivity index (χ1v) is 10.3. The quantitative estimate of drug-likeness (QED) is 0.791. The molecular weight excluding hydrogens is 398 g/mol. The summed E-state index contributed by atoms with van der Waals surface area (Å²) in [5.41, 5.74) is 2.42. The number of ether oxygens (including phenoxy) is 2. The molecule has 3 aliphatic heterocycles. The molecule has 1 atom stereocenters. The molecule has 8 heteroatoms. The van der Waals surface area contributed by atoms with Crippen LogP contribution in [0.15, 0.2) is 36.4 Å². The highest BCUT2D eigenvalue weighted by molar-refractivity contribution is 6.06. The number of nitrogens with one attached hydrogen (secondary N) is 2. The maximum atomic E-state index is 13.0. The van der Waals surface area contributed by atoms with Gasteiger partial charge in [0.25, 0.3) is 0 Å².